The first-order valence-corrected chi connectivity index (χ1v) is 7.68. The van der Waals surface area contributed by atoms with Gasteiger partial charge in [0.15, 0.2) is 17.0 Å². The zero-order valence-corrected chi connectivity index (χ0v) is 13.5. The van der Waals surface area contributed by atoms with Gasteiger partial charge in [0.25, 0.3) is 0 Å². The van der Waals surface area contributed by atoms with Gasteiger partial charge in [-0.1, -0.05) is 30.3 Å². The van der Waals surface area contributed by atoms with Crippen molar-refractivity contribution >= 4 is 22.7 Å². The number of hydrogen-bond acceptors (Lipinski definition) is 5. The van der Waals surface area contributed by atoms with E-state index in [4.69, 9.17) is 0 Å². The van der Waals surface area contributed by atoms with Crippen LogP contribution < -0.4 is 5.32 Å². The van der Waals surface area contributed by atoms with Gasteiger partial charge in [-0.15, -0.1) is 0 Å². The van der Waals surface area contributed by atoms with E-state index >= 15 is 0 Å². The minimum Gasteiger partial charge on any atom is -0.336 e. The van der Waals surface area contributed by atoms with Gasteiger partial charge in [-0.3, -0.25) is 4.68 Å². The van der Waals surface area contributed by atoms with Gasteiger partial charge in [0.2, 0.25) is 0 Å². The smallest absolute Gasteiger partial charge is 0.165 e. The molecule has 0 aliphatic rings. The lowest BCUT2D eigenvalue weighted by Crippen LogP contribution is -2.00. The molecule has 7 heteroatoms. The Morgan fingerprint density at radius 1 is 1.12 bits per heavy atom. The second-order valence-corrected chi connectivity index (χ2v) is 5.68. The van der Waals surface area contributed by atoms with E-state index in [1.165, 1.54) is 5.56 Å². The van der Waals surface area contributed by atoms with Crippen LogP contribution in [0.2, 0.25) is 0 Å². The van der Waals surface area contributed by atoms with Crippen molar-refractivity contribution in [1.29, 1.82) is 0 Å². The fourth-order valence-electron chi connectivity index (χ4n) is 2.62. The number of imidazole rings is 1. The molecule has 1 N–H and O–H groups in total. The number of anilines is 2. The van der Waals surface area contributed by atoms with Gasteiger partial charge < -0.3 is 9.88 Å². The van der Waals surface area contributed by atoms with Gasteiger partial charge >= 0.3 is 0 Å². The number of aromatic nitrogens is 6. The molecule has 0 spiro atoms. The first kappa shape index (κ1) is 14.4. The molecule has 0 bridgehead atoms. The van der Waals surface area contributed by atoms with E-state index in [1.54, 1.807) is 12.5 Å². The molecule has 3 aromatic heterocycles. The summed E-state index contributed by atoms with van der Waals surface area (Å²) in [5, 5.41) is 7.70. The van der Waals surface area contributed by atoms with Gasteiger partial charge in [0.05, 0.1) is 24.8 Å². The molecule has 0 fully saturated rings. The Balaban J connectivity index is 1.60. The zero-order valence-electron chi connectivity index (χ0n) is 13.5. The van der Waals surface area contributed by atoms with Crippen LogP contribution in [0.4, 0.5) is 11.5 Å². The van der Waals surface area contributed by atoms with Crippen molar-refractivity contribution in [3.63, 3.8) is 0 Å². The molecular formula is C17H17N7. The van der Waals surface area contributed by atoms with Crippen molar-refractivity contribution in [2.45, 2.75) is 13.5 Å². The monoisotopic (exact) mass is 319 g/mol. The lowest BCUT2D eigenvalue weighted by Gasteiger charge is -2.05. The topological polar surface area (TPSA) is 73.5 Å². The molecule has 0 saturated carbocycles. The van der Waals surface area contributed by atoms with E-state index in [1.807, 2.05) is 47.6 Å². The number of nitrogens with one attached hydrogen (secondary N) is 1. The number of hydrogen-bond donors (Lipinski definition) is 1. The number of rotatable bonds is 4. The maximum atomic E-state index is 4.47. The molecule has 0 amide bonds. The van der Waals surface area contributed by atoms with E-state index in [0.717, 1.165) is 23.4 Å². The van der Waals surface area contributed by atoms with Gasteiger partial charge in [-0.25, -0.2) is 15.0 Å². The fraction of sp³-hybridized carbons (Fsp3) is 0.176. The Morgan fingerprint density at radius 3 is 2.79 bits per heavy atom. The Morgan fingerprint density at radius 2 is 1.96 bits per heavy atom. The summed E-state index contributed by atoms with van der Waals surface area (Å²) in [7, 11) is 1.92. The number of benzene rings is 1. The summed E-state index contributed by atoms with van der Waals surface area (Å²) in [6.07, 6.45) is 5.48. The van der Waals surface area contributed by atoms with Crippen LogP contribution in [0.3, 0.4) is 0 Å². The molecule has 0 aliphatic heterocycles. The predicted molar refractivity (Wildman–Crippen MR) is 92.1 cm³/mol. The average molecular weight is 319 g/mol. The van der Waals surface area contributed by atoms with Crippen LogP contribution in [0.15, 0.2) is 49.1 Å². The van der Waals surface area contributed by atoms with Crippen LogP contribution in [0.1, 0.15) is 11.4 Å². The predicted octanol–water partition coefficient (Wildman–Crippen LogP) is 2.66. The van der Waals surface area contributed by atoms with Crippen LogP contribution in [0.5, 0.6) is 0 Å². The number of aryl methyl sites for hydroxylation is 2. The molecule has 7 nitrogen and oxygen atoms in total. The molecule has 24 heavy (non-hydrogen) atoms. The van der Waals surface area contributed by atoms with Crippen LogP contribution in [-0.2, 0) is 13.6 Å². The highest BCUT2D eigenvalue weighted by Crippen LogP contribution is 2.22. The first-order valence-electron chi connectivity index (χ1n) is 7.68. The summed E-state index contributed by atoms with van der Waals surface area (Å²) in [6.45, 7) is 2.60. The Bertz CT molecular complexity index is 985. The second kappa shape index (κ2) is 5.77. The Kier molecular flexibility index (Phi) is 3.45. The van der Waals surface area contributed by atoms with Gasteiger partial charge in [-0.05, 0) is 12.5 Å². The SMILES string of the molecule is Cc1nc(Nc2cnn(Cc3ccccc3)c2)c2ncn(C)c2n1. The lowest BCUT2D eigenvalue weighted by molar-refractivity contribution is 0.687. The van der Waals surface area contributed by atoms with E-state index in [-0.39, 0.29) is 0 Å². The maximum Gasteiger partial charge on any atom is 0.165 e. The van der Waals surface area contributed by atoms with Crippen molar-refractivity contribution in [3.8, 4) is 0 Å². The van der Waals surface area contributed by atoms with Crippen LogP contribution in [0, 0.1) is 6.92 Å². The fourth-order valence-corrected chi connectivity index (χ4v) is 2.62. The number of fused-ring (bicyclic) bond motifs is 1. The molecule has 0 atom stereocenters. The van der Waals surface area contributed by atoms with Crippen molar-refractivity contribution in [3.05, 3.63) is 60.4 Å². The normalized spacial score (nSPS) is 11.1. The summed E-state index contributed by atoms with van der Waals surface area (Å²) in [5.41, 5.74) is 3.63. The largest absolute Gasteiger partial charge is 0.336 e. The third kappa shape index (κ3) is 2.71. The molecule has 4 aromatic rings. The van der Waals surface area contributed by atoms with Crippen molar-refractivity contribution in [2.75, 3.05) is 5.32 Å². The minimum absolute atomic E-state index is 0.692. The summed E-state index contributed by atoms with van der Waals surface area (Å²) in [6, 6.07) is 10.2. The summed E-state index contributed by atoms with van der Waals surface area (Å²) in [5.74, 6) is 1.39. The average Bonchev–Trinajstić information content (AvgIpc) is 3.16. The maximum absolute atomic E-state index is 4.47. The summed E-state index contributed by atoms with van der Waals surface area (Å²) >= 11 is 0. The van der Waals surface area contributed by atoms with Gasteiger partial charge in [0, 0.05) is 13.2 Å². The molecule has 0 radical (unpaired) electrons. The van der Waals surface area contributed by atoms with E-state index in [9.17, 15) is 0 Å². The highest BCUT2D eigenvalue weighted by Gasteiger charge is 2.11. The molecule has 4 rings (SSSR count). The first-order chi connectivity index (χ1) is 11.7. The van der Waals surface area contributed by atoms with E-state index < -0.39 is 0 Å². The standard InChI is InChI=1S/C17H17N7/c1-12-20-16(15-17(21-12)23(2)11-18-15)22-14-8-19-24(10-14)9-13-6-4-3-5-7-13/h3-8,10-11H,9H2,1-2H3,(H,20,21,22). The molecule has 3 heterocycles. The van der Waals surface area contributed by atoms with E-state index in [2.05, 4.69) is 37.5 Å². The second-order valence-electron chi connectivity index (χ2n) is 5.68. The van der Waals surface area contributed by atoms with Crippen molar-refractivity contribution in [1.82, 2.24) is 29.3 Å². The Hall–Kier alpha value is -3.22. The van der Waals surface area contributed by atoms with E-state index in [0.29, 0.717) is 11.6 Å². The molecule has 0 unspecified atom stereocenters. The molecule has 1 aromatic carbocycles. The number of nitrogens with zero attached hydrogens (tertiary/aromatic N) is 6. The van der Waals surface area contributed by atoms with Gasteiger partial charge in [0.1, 0.15) is 5.82 Å². The zero-order chi connectivity index (χ0) is 16.5. The third-order valence-electron chi connectivity index (χ3n) is 3.75. The molecule has 120 valence electrons. The minimum atomic E-state index is 0.692. The molecule has 0 saturated heterocycles. The third-order valence-corrected chi connectivity index (χ3v) is 3.75. The Labute approximate surface area is 139 Å². The van der Waals surface area contributed by atoms with Gasteiger partial charge in [-0.2, -0.15) is 5.10 Å². The van der Waals surface area contributed by atoms with Crippen molar-refractivity contribution < 1.29 is 0 Å². The highest BCUT2D eigenvalue weighted by molar-refractivity contribution is 5.85. The quantitative estimate of drug-likeness (QED) is 0.626. The van der Waals surface area contributed by atoms with Crippen LogP contribution in [0.25, 0.3) is 11.2 Å². The highest BCUT2D eigenvalue weighted by atomic mass is 15.3. The van der Waals surface area contributed by atoms with Crippen molar-refractivity contribution in [2.24, 2.45) is 7.05 Å². The lowest BCUT2D eigenvalue weighted by atomic mass is 10.2. The molecule has 0 aliphatic carbocycles. The summed E-state index contributed by atoms with van der Waals surface area (Å²) < 4.78 is 3.77. The molecular weight excluding hydrogens is 302 g/mol. The van der Waals surface area contributed by atoms with Crippen LogP contribution in [-0.4, -0.2) is 29.3 Å². The summed E-state index contributed by atoms with van der Waals surface area (Å²) in [4.78, 5) is 13.3. The van der Waals surface area contributed by atoms with Crippen LogP contribution >= 0.6 is 0 Å².